The molecule has 2 aromatic rings. The highest BCUT2D eigenvalue weighted by Crippen LogP contribution is 2.20. The van der Waals surface area contributed by atoms with Crippen LogP contribution in [0.3, 0.4) is 0 Å². The summed E-state index contributed by atoms with van der Waals surface area (Å²) in [6, 6.07) is 12.0. The van der Waals surface area contributed by atoms with Crippen LogP contribution in [0.15, 0.2) is 42.6 Å². The second-order valence-electron chi connectivity index (χ2n) is 4.81. The van der Waals surface area contributed by atoms with Crippen LogP contribution in [0.5, 0.6) is 0 Å². The fraction of sp³-hybridized carbons (Fsp3) is 0.250. The number of pyridine rings is 1. The first-order chi connectivity index (χ1) is 9.58. The standard InChI is InChI=1S/C16H18N2O2/c1-12-10-15(14(11-17-12)16(19)20)18(2)9-8-13-6-4-3-5-7-13/h3-7,10-11H,8-9H2,1-2H3,(H,19,20). The Hall–Kier alpha value is -2.36. The van der Waals surface area contributed by atoms with Crippen molar-refractivity contribution in [2.24, 2.45) is 0 Å². The van der Waals surface area contributed by atoms with Gasteiger partial charge in [0.05, 0.1) is 5.69 Å². The molecule has 0 aliphatic carbocycles. The fourth-order valence-corrected chi connectivity index (χ4v) is 2.09. The molecule has 0 spiro atoms. The predicted octanol–water partition coefficient (Wildman–Crippen LogP) is 2.77. The molecular formula is C16H18N2O2. The molecule has 1 N–H and O–H groups in total. The van der Waals surface area contributed by atoms with Gasteiger partial charge in [0.15, 0.2) is 0 Å². The molecule has 0 saturated heterocycles. The van der Waals surface area contributed by atoms with E-state index in [-0.39, 0.29) is 5.56 Å². The number of hydrogen-bond donors (Lipinski definition) is 1. The zero-order valence-corrected chi connectivity index (χ0v) is 11.7. The molecule has 0 bridgehead atoms. The Morgan fingerprint density at radius 1 is 1.30 bits per heavy atom. The van der Waals surface area contributed by atoms with Crippen molar-refractivity contribution in [1.82, 2.24) is 4.98 Å². The van der Waals surface area contributed by atoms with Crippen molar-refractivity contribution in [2.45, 2.75) is 13.3 Å². The van der Waals surface area contributed by atoms with Gasteiger partial charge in [-0.1, -0.05) is 30.3 Å². The number of carboxylic acids is 1. The van der Waals surface area contributed by atoms with Gasteiger partial charge in [0.1, 0.15) is 5.56 Å². The molecule has 0 radical (unpaired) electrons. The Kier molecular flexibility index (Phi) is 4.35. The van der Waals surface area contributed by atoms with Crippen molar-refractivity contribution >= 4 is 11.7 Å². The van der Waals surface area contributed by atoms with Gasteiger partial charge >= 0.3 is 5.97 Å². The van der Waals surface area contributed by atoms with Gasteiger partial charge in [-0.05, 0) is 25.0 Å². The zero-order valence-electron chi connectivity index (χ0n) is 11.7. The van der Waals surface area contributed by atoms with Crippen molar-refractivity contribution in [3.05, 3.63) is 59.4 Å². The Bertz CT molecular complexity index is 597. The number of aromatic carboxylic acids is 1. The molecule has 0 aliphatic heterocycles. The molecule has 0 atom stereocenters. The molecule has 4 heteroatoms. The normalized spacial score (nSPS) is 10.3. The quantitative estimate of drug-likeness (QED) is 0.907. The summed E-state index contributed by atoms with van der Waals surface area (Å²) in [4.78, 5) is 17.3. The van der Waals surface area contributed by atoms with Crippen LogP contribution >= 0.6 is 0 Å². The molecule has 1 aromatic heterocycles. The minimum absolute atomic E-state index is 0.242. The van der Waals surface area contributed by atoms with Gasteiger partial charge in [-0.2, -0.15) is 0 Å². The smallest absolute Gasteiger partial charge is 0.339 e. The van der Waals surface area contributed by atoms with E-state index in [1.54, 1.807) is 0 Å². The number of anilines is 1. The van der Waals surface area contributed by atoms with Crippen LogP contribution < -0.4 is 4.90 Å². The first-order valence-corrected chi connectivity index (χ1v) is 6.53. The third-order valence-corrected chi connectivity index (χ3v) is 3.24. The van der Waals surface area contributed by atoms with Gasteiger partial charge < -0.3 is 10.0 Å². The number of nitrogens with zero attached hydrogens (tertiary/aromatic N) is 2. The minimum Gasteiger partial charge on any atom is -0.478 e. The largest absolute Gasteiger partial charge is 0.478 e. The van der Waals surface area contributed by atoms with Gasteiger partial charge in [0.25, 0.3) is 0 Å². The lowest BCUT2D eigenvalue weighted by molar-refractivity contribution is 0.0697. The summed E-state index contributed by atoms with van der Waals surface area (Å²) >= 11 is 0. The van der Waals surface area contributed by atoms with Crippen LogP contribution in [0.4, 0.5) is 5.69 Å². The Labute approximate surface area is 118 Å². The van der Waals surface area contributed by atoms with Gasteiger partial charge in [0.2, 0.25) is 0 Å². The summed E-state index contributed by atoms with van der Waals surface area (Å²) in [5.41, 5.74) is 3.01. The SMILES string of the molecule is Cc1cc(N(C)CCc2ccccc2)c(C(=O)O)cn1. The number of carboxylic acid groups (broad SMARTS) is 1. The van der Waals surface area contributed by atoms with Crippen molar-refractivity contribution in [1.29, 1.82) is 0 Å². The van der Waals surface area contributed by atoms with Crippen LogP contribution in [-0.4, -0.2) is 29.7 Å². The van der Waals surface area contributed by atoms with Crippen LogP contribution in [-0.2, 0) is 6.42 Å². The maximum absolute atomic E-state index is 11.2. The number of hydrogen-bond acceptors (Lipinski definition) is 3. The van der Waals surface area contributed by atoms with E-state index in [0.717, 1.165) is 18.7 Å². The first kappa shape index (κ1) is 14.1. The summed E-state index contributed by atoms with van der Waals surface area (Å²) in [5.74, 6) is -0.945. The molecule has 1 aromatic carbocycles. The minimum atomic E-state index is -0.945. The van der Waals surface area contributed by atoms with E-state index in [0.29, 0.717) is 5.69 Å². The summed E-state index contributed by atoms with van der Waals surface area (Å²) in [5, 5.41) is 9.22. The lowest BCUT2D eigenvalue weighted by Gasteiger charge is -2.21. The summed E-state index contributed by atoms with van der Waals surface area (Å²) in [6.07, 6.45) is 2.30. The van der Waals surface area contributed by atoms with E-state index >= 15 is 0 Å². The predicted molar refractivity (Wildman–Crippen MR) is 79.3 cm³/mol. The third kappa shape index (κ3) is 3.35. The molecule has 2 rings (SSSR count). The van der Waals surface area contributed by atoms with E-state index in [4.69, 9.17) is 0 Å². The molecule has 0 saturated carbocycles. The molecule has 0 fully saturated rings. The summed E-state index contributed by atoms with van der Waals surface area (Å²) in [6.45, 7) is 2.62. The number of carbonyl (C=O) groups is 1. The van der Waals surface area contributed by atoms with Gasteiger partial charge in [-0.25, -0.2) is 4.79 Å². The number of rotatable bonds is 5. The van der Waals surface area contributed by atoms with Gasteiger partial charge in [0, 0.05) is 25.5 Å². The van der Waals surface area contributed by atoms with E-state index in [1.807, 2.05) is 43.1 Å². The molecule has 0 aliphatic rings. The van der Waals surface area contributed by atoms with Crippen LogP contribution in [0.2, 0.25) is 0 Å². The first-order valence-electron chi connectivity index (χ1n) is 6.53. The molecule has 1 heterocycles. The van der Waals surface area contributed by atoms with Crippen molar-refractivity contribution in [3.63, 3.8) is 0 Å². The molecular weight excluding hydrogens is 252 g/mol. The molecule has 20 heavy (non-hydrogen) atoms. The second-order valence-corrected chi connectivity index (χ2v) is 4.81. The van der Waals surface area contributed by atoms with Gasteiger partial charge in [-0.3, -0.25) is 4.98 Å². The van der Waals surface area contributed by atoms with Crippen LogP contribution in [0.25, 0.3) is 0 Å². The topological polar surface area (TPSA) is 53.4 Å². The number of benzene rings is 1. The number of aryl methyl sites for hydroxylation is 1. The van der Waals surface area contributed by atoms with Crippen molar-refractivity contribution in [3.8, 4) is 0 Å². The number of likely N-dealkylation sites (N-methyl/N-ethyl adjacent to an activating group) is 1. The molecule has 104 valence electrons. The Morgan fingerprint density at radius 2 is 2.00 bits per heavy atom. The van der Waals surface area contributed by atoms with Crippen LogP contribution in [0, 0.1) is 6.92 Å². The summed E-state index contributed by atoms with van der Waals surface area (Å²) in [7, 11) is 1.91. The molecule has 0 amide bonds. The Morgan fingerprint density at radius 3 is 2.65 bits per heavy atom. The average molecular weight is 270 g/mol. The second kappa shape index (κ2) is 6.19. The summed E-state index contributed by atoms with van der Waals surface area (Å²) < 4.78 is 0. The van der Waals surface area contributed by atoms with Crippen molar-refractivity contribution in [2.75, 3.05) is 18.5 Å². The van der Waals surface area contributed by atoms with E-state index in [2.05, 4.69) is 17.1 Å². The highest BCUT2D eigenvalue weighted by atomic mass is 16.4. The fourth-order valence-electron chi connectivity index (χ4n) is 2.09. The van der Waals surface area contributed by atoms with E-state index in [1.165, 1.54) is 11.8 Å². The maximum Gasteiger partial charge on any atom is 0.339 e. The van der Waals surface area contributed by atoms with Crippen molar-refractivity contribution < 1.29 is 9.90 Å². The highest BCUT2D eigenvalue weighted by molar-refractivity contribution is 5.94. The number of aromatic nitrogens is 1. The third-order valence-electron chi connectivity index (χ3n) is 3.24. The zero-order chi connectivity index (χ0) is 14.5. The lowest BCUT2D eigenvalue weighted by Crippen LogP contribution is -2.23. The Balaban J connectivity index is 2.14. The average Bonchev–Trinajstić information content (AvgIpc) is 2.45. The lowest BCUT2D eigenvalue weighted by atomic mass is 10.1. The highest BCUT2D eigenvalue weighted by Gasteiger charge is 2.14. The maximum atomic E-state index is 11.2. The van der Waals surface area contributed by atoms with Gasteiger partial charge in [-0.15, -0.1) is 0 Å². The molecule has 4 nitrogen and oxygen atoms in total. The van der Waals surface area contributed by atoms with E-state index in [9.17, 15) is 9.90 Å². The van der Waals surface area contributed by atoms with E-state index < -0.39 is 5.97 Å². The van der Waals surface area contributed by atoms with Crippen LogP contribution in [0.1, 0.15) is 21.6 Å². The molecule has 0 unspecified atom stereocenters. The monoisotopic (exact) mass is 270 g/mol.